The van der Waals surface area contributed by atoms with Gasteiger partial charge in [0.2, 0.25) is 0 Å². The molecule has 0 amide bonds. The highest BCUT2D eigenvalue weighted by Crippen LogP contribution is 2.29. The van der Waals surface area contributed by atoms with Crippen LogP contribution in [0.5, 0.6) is 0 Å². The van der Waals surface area contributed by atoms with Gasteiger partial charge in [-0.1, -0.05) is 6.92 Å². The number of imidazole rings is 1. The van der Waals surface area contributed by atoms with Crippen LogP contribution in [0.4, 0.5) is 5.69 Å². The summed E-state index contributed by atoms with van der Waals surface area (Å²) in [5.41, 5.74) is 4.68. The predicted octanol–water partition coefficient (Wildman–Crippen LogP) is 2.07. The van der Waals surface area contributed by atoms with E-state index in [1.807, 2.05) is 13.1 Å². The molecule has 2 saturated heterocycles. The van der Waals surface area contributed by atoms with Gasteiger partial charge in [0.1, 0.15) is 5.82 Å². The van der Waals surface area contributed by atoms with Gasteiger partial charge in [-0.2, -0.15) is 0 Å². The predicted molar refractivity (Wildman–Crippen MR) is 97.8 cm³/mol. The standard InChI is InChI=1S/C19H27N5O/c1-4-19-21-14(3)16(22-19)10-23-11-17-18(12-23)25-8-7-24(17)15-5-6-20-13(2)9-15/h5-6,9,17-18H,4,7-8,10-12H2,1-3H3,(H,21,22)/t17-,18-/m0/s1. The largest absolute Gasteiger partial charge is 0.373 e. The molecule has 6 nitrogen and oxygen atoms in total. The fraction of sp³-hybridized carbons (Fsp3) is 0.579. The molecule has 0 unspecified atom stereocenters. The van der Waals surface area contributed by atoms with Gasteiger partial charge < -0.3 is 14.6 Å². The van der Waals surface area contributed by atoms with Gasteiger partial charge in [0, 0.05) is 55.9 Å². The lowest BCUT2D eigenvalue weighted by Gasteiger charge is -2.38. The van der Waals surface area contributed by atoms with Crippen LogP contribution < -0.4 is 4.90 Å². The highest BCUT2D eigenvalue weighted by Gasteiger charge is 2.40. The number of fused-ring (bicyclic) bond motifs is 1. The van der Waals surface area contributed by atoms with Crippen molar-refractivity contribution in [2.45, 2.75) is 45.9 Å². The third-order valence-electron chi connectivity index (χ3n) is 5.33. The third kappa shape index (κ3) is 3.28. The maximum Gasteiger partial charge on any atom is 0.106 e. The van der Waals surface area contributed by atoms with Crippen molar-refractivity contribution in [2.24, 2.45) is 0 Å². The van der Waals surface area contributed by atoms with Crippen LogP contribution in [0.1, 0.15) is 29.8 Å². The zero-order chi connectivity index (χ0) is 17.4. The first-order valence-electron chi connectivity index (χ1n) is 9.21. The summed E-state index contributed by atoms with van der Waals surface area (Å²) in [4.78, 5) is 17.4. The summed E-state index contributed by atoms with van der Waals surface area (Å²) in [6, 6.07) is 4.69. The van der Waals surface area contributed by atoms with Crippen LogP contribution >= 0.6 is 0 Å². The zero-order valence-corrected chi connectivity index (χ0v) is 15.3. The third-order valence-corrected chi connectivity index (χ3v) is 5.33. The van der Waals surface area contributed by atoms with Crippen LogP contribution in [-0.2, 0) is 17.7 Å². The Balaban J connectivity index is 1.49. The molecule has 2 fully saturated rings. The van der Waals surface area contributed by atoms with Crippen LogP contribution in [0.3, 0.4) is 0 Å². The van der Waals surface area contributed by atoms with Crippen molar-refractivity contribution in [1.82, 2.24) is 19.9 Å². The first-order chi connectivity index (χ1) is 12.1. The van der Waals surface area contributed by atoms with E-state index < -0.39 is 0 Å². The molecule has 4 rings (SSSR count). The Morgan fingerprint density at radius 3 is 2.96 bits per heavy atom. The van der Waals surface area contributed by atoms with E-state index in [9.17, 15) is 0 Å². The molecule has 25 heavy (non-hydrogen) atoms. The maximum atomic E-state index is 6.08. The Labute approximate surface area is 149 Å². The number of H-pyrrole nitrogens is 1. The number of pyridine rings is 1. The maximum absolute atomic E-state index is 6.08. The number of likely N-dealkylation sites (tertiary alicyclic amines) is 1. The molecule has 2 aromatic rings. The van der Waals surface area contributed by atoms with Crippen LogP contribution in [-0.4, -0.2) is 58.2 Å². The quantitative estimate of drug-likeness (QED) is 0.923. The molecule has 134 valence electrons. The summed E-state index contributed by atoms with van der Waals surface area (Å²) in [7, 11) is 0. The fourth-order valence-corrected chi connectivity index (χ4v) is 4.02. The van der Waals surface area contributed by atoms with E-state index in [0.29, 0.717) is 6.04 Å². The van der Waals surface area contributed by atoms with Crippen LogP contribution in [0, 0.1) is 13.8 Å². The molecule has 4 heterocycles. The molecule has 6 heteroatoms. The molecule has 2 aromatic heterocycles. The average molecular weight is 341 g/mol. The number of nitrogens with one attached hydrogen (secondary N) is 1. The number of anilines is 1. The number of aromatic amines is 1. The topological polar surface area (TPSA) is 57.3 Å². The smallest absolute Gasteiger partial charge is 0.106 e. The van der Waals surface area contributed by atoms with Crippen molar-refractivity contribution in [3.8, 4) is 0 Å². The number of morpholine rings is 1. The molecular formula is C19H27N5O. The fourth-order valence-electron chi connectivity index (χ4n) is 4.02. The van der Waals surface area contributed by atoms with Crippen molar-refractivity contribution in [3.05, 3.63) is 41.2 Å². The Hall–Kier alpha value is -1.92. The molecule has 0 spiro atoms. The lowest BCUT2D eigenvalue weighted by molar-refractivity contribution is 0.0306. The summed E-state index contributed by atoms with van der Waals surface area (Å²) in [6.07, 6.45) is 3.12. The molecule has 2 atom stereocenters. The van der Waals surface area contributed by atoms with Crippen molar-refractivity contribution >= 4 is 5.69 Å². The Morgan fingerprint density at radius 2 is 2.20 bits per heavy atom. The van der Waals surface area contributed by atoms with Gasteiger partial charge in [-0.05, 0) is 26.0 Å². The number of nitrogens with zero attached hydrogens (tertiary/aromatic N) is 4. The number of aryl methyl sites for hydroxylation is 3. The second kappa shape index (κ2) is 6.77. The summed E-state index contributed by atoms with van der Waals surface area (Å²) in [5, 5.41) is 0. The second-order valence-electron chi connectivity index (χ2n) is 7.13. The van der Waals surface area contributed by atoms with Crippen molar-refractivity contribution in [3.63, 3.8) is 0 Å². The SMILES string of the molecule is CCc1nc(CN2C[C@@H]3OCCN(c4ccnc(C)c4)[C@H]3C2)c(C)[nH]1. The number of ether oxygens (including phenoxy) is 1. The van der Waals surface area contributed by atoms with E-state index in [1.54, 1.807) is 0 Å². The highest BCUT2D eigenvalue weighted by molar-refractivity contribution is 5.48. The van der Waals surface area contributed by atoms with Crippen LogP contribution in [0.2, 0.25) is 0 Å². The first kappa shape index (κ1) is 16.5. The first-order valence-corrected chi connectivity index (χ1v) is 9.21. The van der Waals surface area contributed by atoms with Gasteiger partial charge in [0.15, 0.2) is 0 Å². The second-order valence-corrected chi connectivity index (χ2v) is 7.13. The van der Waals surface area contributed by atoms with Gasteiger partial charge in [-0.15, -0.1) is 0 Å². The van der Waals surface area contributed by atoms with Gasteiger partial charge in [-0.3, -0.25) is 9.88 Å². The molecular weight excluding hydrogens is 314 g/mol. The molecule has 1 N–H and O–H groups in total. The molecule has 0 aromatic carbocycles. The van der Waals surface area contributed by atoms with E-state index >= 15 is 0 Å². The van der Waals surface area contributed by atoms with E-state index in [2.05, 4.69) is 45.7 Å². The lowest BCUT2D eigenvalue weighted by Crippen LogP contribution is -2.51. The van der Waals surface area contributed by atoms with Gasteiger partial charge in [0.25, 0.3) is 0 Å². The number of hydrogen-bond acceptors (Lipinski definition) is 5. The highest BCUT2D eigenvalue weighted by atomic mass is 16.5. The number of aromatic nitrogens is 3. The Morgan fingerprint density at radius 1 is 1.32 bits per heavy atom. The normalized spacial score (nSPS) is 23.9. The van der Waals surface area contributed by atoms with Crippen LogP contribution in [0.25, 0.3) is 0 Å². The van der Waals surface area contributed by atoms with Gasteiger partial charge in [0.05, 0.1) is 24.4 Å². The van der Waals surface area contributed by atoms with Crippen molar-refractivity contribution in [2.75, 3.05) is 31.1 Å². The molecule has 0 aliphatic carbocycles. The minimum Gasteiger partial charge on any atom is -0.373 e. The molecule has 2 aliphatic heterocycles. The van der Waals surface area contributed by atoms with E-state index in [1.165, 1.54) is 17.1 Å². The Bertz CT molecular complexity index is 743. The number of hydrogen-bond donors (Lipinski definition) is 1. The minimum atomic E-state index is 0.270. The Kier molecular flexibility index (Phi) is 4.48. The van der Waals surface area contributed by atoms with Gasteiger partial charge >= 0.3 is 0 Å². The van der Waals surface area contributed by atoms with E-state index in [-0.39, 0.29) is 6.10 Å². The van der Waals surface area contributed by atoms with Crippen LogP contribution in [0.15, 0.2) is 18.3 Å². The molecule has 0 bridgehead atoms. The summed E-state index contributed by atoms with van der Waals surface area (Å²) in [5.74, 6) is 1.08. The average Bonchev–Trinajstić information content (AvgIpc) is 3.17. The molecule has 2 aliphatic rings. The summed E-state index contributed by atoms with van der Waals surface area (Å²) >= 11 is 0. The van der Waals surface area contributed by atoms with Crippen molar-refractivity contribution < 1.29 is 4.74 Å². The zero-order valence-electron chi connectivity index (χ0n) is 15.3. The monoisotopic (exact) mass is 341 g/mol. The van der Waals surface area contributed by atoms with Crippen molar-refractivity contribution in [1.29, 1.82) is 0 Å². The summed E-state index contributed by atoms with van der Waals surface area (Å²) < 4.78 is 6.08. The lowest BCUT2D eigenvalue weighted by atomic mass is 10.1. The molecule has 0 radical (unpaired) electrons. The van der Waals surface area contributed by atoms with Gasteiger partial charge in [-0.25, -0.2) is 4.98 Å². The minimum absolute atomic E-state index is 0.270. The van der Waals surface area contributed by atoms with E-state index in [4.69, 9.17) is 9.72 Å². The molecule has 0 saturated carbocycles. The summed E-state index contributed by atoms with van der Waals surface area (Å²) in [6.45, 7) is 10.9. The number of rotatable bonds is 4. The van der Waals surface area contributed by atoms with E-state index in [0.717, 1.165) is 50.7 Å².